The molecule has 2 atom stereocenters. The molecule has 1 aromatic rings. The van der Waals surface area contributed by atoms with E-state index in [1.165, 1.54) is 0 Å². The summed E-state index contributed by atoms with van der Waals surface area (Å²) in [5.41, 5.74) is 0. The Morgan fingerprint density at radius 3 is 2.60 bits per heavy atom. The maximum Gasteiger partial charge on any atom is 0.159 e. The Labute approximate surface area is 105 Å². The van der Waals surface area contributed by atoms with Crippen LogP contribution in [0.3, 0.4) is 0 Å². The van der Waals surface area contributed by atoms with Crippen LogP contribution in [0.4, 0.5) is 0 Å². The molecule has 0 aliphatic rings. The van der Waals surface area contributed by atoms with E-state index in [0.717, 1.165) is 8.79 Å². The molecule has 0 aliphatic carbocycles. The number of hydrogen-bond donors (Lipinski definition) is 1. The van der Waals surface area contributed by atoms with Crippen LogP contribution in [0.15, 0.2) is 10.1 Å². The number of thiazole rings is 1. The minimum Gasteiger partial charge on any atom is -0.242 e. The van der Waals surface area contributed by atoms with Crippen molar-refractivity contribution in [2.24, 2.45) is 0 Å². The van der Waals surface area contributed by atoms with Gasteiger partial charge in [0.15, 0.2) is 3.92 Å². The van der Waals surface area contributed by atoms with Crippen molar-refractivity contribution in [1.82, 2.24) is 9.71 Å². The predicted octanol–water partition coefficient (Wildman–Crippen LogP) is 3.02. The van der Waals surface area contributed by atoms with Crippen LogP contribution >= 0.6 is 27.3 Å². The average Bonchev–Trinajstić information content (AvgIpc) is 2.50. The Morgan fingerprint density at radius 1 is 1.60 bits per heavy atom. The van der Waals surface area contributed by atoms with Crippen molar-refractivity contribution >= 4 is 38.3 Å². The summed E-state index contributed by atoms with van der Waals surface area (Å²) in [4.78, 5) is 5.19. The molecule has 0 radical (unpaired) electrons. The largest absolute Gasteiger partial charge is 0.242 e. The lowest BCUT2D eigenvalue weighted by Crippen LogP contribution is -2.34. The molecule has 1 heterocycles. The van der Waals surface area contributed by atoms with Crippen LogP contribution in [-0.4, -0.2) is 13.9 Å². The second kappa shape index (κ2) is 5.03. The Bertz CT molecular complexity index is 359. The topological polar surface area (TPSA) is 42.0 Å². The Morgan fingerprint density at radius 2 is 2.20 bits per heavy atom. The van der Waals surface area contributed by atoms with E-state index in [0.29, 0.717) is 0 Å². The van der Waals surface area contributed by atoms with Crippen molar-refractivity contribution in [3.8, 4) is 0 Å². The lowest BCUT2D eigenvalue weighted by Gasteiger charge is -2.21. The molecule has 3 nitrogen and oxygen atoms in total. The molecular formula is C9H15BrN2OS2. The number of aromatic nitrogens is 1. The molecule has 0 unspecified atom stereocenters. The predicted molar refractivity (Wildman–Crippen MR) is 69.3 cm³/mol. The van der Waals surface area contributed by atoms with Gasteiger partial charge in [-0.3, -0.25) is 0 Å². The molecule has 0 spiro atoms. The maximum atomic E-state index is 11.8. The van der Waals surface area contributed by atoms with Gasteiger partial charge in [0.2, 0.25) is 0 Å². The summed E-state index contributed by atoms with van der Waals surface area (Å²) in [5, 5.41) is 0. The summed E-state index contributed by atoms with van der Waals surface area (Å²) in [7, 11) is -1.05. The second-order valence-electron chi connectivity index (χ2n) is 4.24. The Kier molecular flexibility index (Phi) is 4.46. The minimum atomic E-state index is -1.05. The molecule has 1 N–H and O–H groups in total. The molecular weight excluding hydrogens is 296 g/mol. The van der Waals surface area contributed by atoms with Gasteiger partial charge in [-0.25, -0.2) is 13.9 Å². The lowest BCUT2D eigenvalue weighted by molar-refractivity contribution is 0.618. The van der Waals surface area contributed by atoms with E-state index < -0.39 is 11.0 Å². The highest BCUT2D eigenvalue weighted by Gasteiger charge is 2.22. The summed E-state index contributed by atoms with van der Waals surface area (Å²) in [5.74, 6) is 0. The van der Waals surface area contributed by atoms with Gasteiger partial charge in [-0.1, -0.05) is 0 Å². The van der Waals surface area contributed by atoms with Crippen LogP contribution in [0.5, 0.6) is 0 Å². The van der Waals surface area contributed by atoms with E-state index >= 15 is 0 Å². The van der Waals surface area contributed by atoms with Gasteiger partial charge >= 0.3 is 0 Å². The zero-order valence-corrected chi connectivity index (χ0v) is 12.4. The van der Waals surface area contributed by atoms with E-state index in [4.69, 9.17) is 0 Å². The fraction of sp³-hybridized carbons (Fsp3) is 0.667. The standard InChI is InChI=1S/C9H15BrN2OS2/c1-6(7-5-11-8(10)14-7)12-15(13)9(2,3)4/h5-6,12H,1-4H3/t6-,15-/m1/s1. The van der Waals surface area contributed by atoms with Gasteiger partial charge in [0.1, 0.15) is 0 Å². The van der Waals surface area contributed by atoms with E-state index in [-0.39, 0.29) is 10.8 Å². The molecule has 0 aromatic carbocycles. The summed E-state index contributed by atoms with van der Waals surface area (Å²) >= 11 is 4.87. The third-order valence-electron chi connectivity index (χ3n) is 1.76. The first kappa shape index (κ1) is 13.3. The van der Waals surface area contributed by atoms with Gasteiger partial charge in [0.05, 0.1) is 21.8 Å². The number of nitrogens with one attached hydrogen (secondary N) is 1. The van der Waals surface area contributed by atoms with Crippen molar-refractivity contribution < 1.29 is 4.21 Å². The highest BCUT2D eigenvalue weighted by atomic mass is 79.9. The number of halogens is 1. The van der Waals surface area contributed by atoms with Gasteiger partial charge < -0.3 is 0 Å². The highest BCUT2D eigenvalue weighted by molar-refractivity contribution is 9.11. The Hall–Kier alpha value is 0.220. The first-order valence-corrected chi connectivity index (χ1v) is 7.36. The van der Waals surface area contributed by atoms with E-state index in [9.17, 15) is 4.21 Å². The van der Waals surface area contributed by atoms with E-state index in [2.05, 4.69) is 25.6 Å². The zero-order chi connectivity index (χ0) is 11.6. The third kappa shape index (κ3) is 3.94. The van der Waals surface area contributed by atoms with Crippen molar-refractivity contribution in [3.63, 3.8) is 0 Å². The summed E-state index contributed by atoms with van der Waals surface area (Å²) < 4.78 is 15.5. The van der Waals surface area contributed by atoms with Crippen LogP contribution in [0.25, 0.3) is 0 Å². The van der Waals surface area contributed by atoms with Crippen LogP contribution in [0, 0.1) is 0 Å². The van der Waals surface area contributed by atoms with Gasteiger partial charge in [-0.05, 0) is 43.6 Å². The fourth-order valence-corrected chi connectivity index (χ4v) is 3.04. The summed E-state index contributed by atoms with van der Waals surface area (Å²) in [6.45, 7) is 7.84. The highest BCUT2D eigenvalue weighted by Crippen LogP contribution is 2.25. The minimum absolute atomic E-state index is 0.0638. The van der Waals surface area contributed by atoms with Crippen molar-refractivity contribution in [2.45, 2.75) is 38.5 Å². The van der Waals surface area contributed by atoms with Crippen molar-refractivity contribution in [2.75, 3.05) is 0 Å². The molecule has 1 aromatic heterocycles. The number of rotatable bonds is 3. The van der Waals surface area contributed by atoms with Gasteiger partial charge in [0, 0.05) is 11.1 Å². The smallest absolute Gasteiger partial charge is 0.159 e. The molecule has 0 fully saturated rings. The normalized spacial score (nSPS) is 16.3. The number of hydrogen-bond acceptors (Lipinski definition) is 3. The molecule has 0 amide bonds. The molecule has 1 rings (SSSR count). The van der Waals surface area contributed by atoms with E-state index in [1.807, 2.05) is 27.7 Å². The number of nitrogens with zero attached hydrogens (tertiary/aromatic N) is 1. The molecule has 0 bridgehead atoms. The van der Waals surface area contributed by atoms with Gasteiger partial charge in [-0.2, -0.15) is 0 Å². The second-order valence-corrected chi connectivity index (χ2v) is 8.57. The van der Waals surface area contributed by atoms with Crippen molar-refractivity contribution in [1.29, 1.82) is 0 Å². The van der Waals surface area contributed by atoms with Gasteiger partial charge in [-0.15, -0.1) is 11.3 Å². The van der Waals surface area contributed by atoms with Gasteiger partial charge in [0.25, 0.3) is 0 Å². The van der Waals surface area contributed by atoms with Crippen LogP contribution < -0.4 is 4.72 Å². The van der Waals surface area contributed by atoms with E-state index in [1.54, 1.807) is 17.5 Å². The summed E-state index contributed by atoms with van der Waals surface area (Å²) in [6, 6.07) is 0.0638. The first-order valence-electron chi connectivity index (χ1n) is 4.60. The molecule has 15 heavy (non-hydrogen) atoms. The van der Waals surface area contributed by atoms with Crippen LogP contribution in [-0.2, 0) is 11.0 Å². The monoisotopic (exact) mass is 310 g/mol. The molecule has 0 saturated heterocycles. The maximum absolute atomic E-state index is 11.8. The van der Waals surface area contributed by atoms with Crippen LogP contribution in [0.2, 0.25) is 0 Å². The summed E-state index contributed by atoms with van der Waals surface area (Å²) in [6.07, 6.45) is 1.80. The molecule has 86 valence electrons. The third-order valence-corrected chi connectivity index (χ3v) is 5.10. The molecule has 6 heteroatoms. The quantitative estimate of drug-likeness (QED) is 0.932. The molecule has 0 aliphatic heterocycles. The SMILES string of the molecule is C[C@@H](N[S@](=O)C(C)(C)C)c1cnc(Br)s1. The van der Waals surface area contributed by atoms with Crippen LogP contribution in [0.1, 0.15) is 38.6 Å². The zero-order valence-electron chi connectivity index (χ0n) is 9.20. The molecule has 0 saturated carbocycles. The first-order chi connectivity index (χ1) is 6.80. The lowest BCUT2D eigenvalue weighted by atomic mass is 10.3. The average molecular weight is 311 g/mol. The fourth-order valence-electron chi connectivity index (χ4n) is 0.860. The Balaban J connectivity index is 2.64. The van der Waals surface area contributed by atoms with Crippen molar-refractivity contribution in [3.05, 3.63) is 15.0 Å².